The molecule has 1 aromatic rings. The predicted molar refractivity (Wildman–Crippen MR) is 116 cm³/mol. The van der Waals surface area contributed by atoms with Crippen LogP contribution >= 0.6 is 11.6 Å². The van der Waals surface area contributed by atoms with Crippen LogP contribution in [0.15, 0.2) is 29.2 Å². The zero-order chi connectivity index (χ0) is 22.7. The lowest BCUT2D eigenvalue weighted by atomic mass is 9.96. The number of fused-ring (bicyclic) bond motifs is 1. The molecular weight excluding hydrogens is 460 g/mol. The Kier molecular flexibility index (Phi) is 7.71. The molecule has 11 heteroatoms. The number of carbonyl (C=O) groups excluding carboxylic acids is 1. The van der Waals surface area contributed by atoms with Gasteiger partial charge in [0.25, 0.3) is 0 Å². The first-order chi connectivity index (χ1) is 15.3. The first-order valence-corrected chi connectivity index (χ1v) is 12.7. The Morgan fingerprint density at radius 1 is 1.16 bits per heavy atom. The van der Waals surface area contributed by atoms with E-state index < -0.39 is 28.3 Å². The van der Waals surface area contributed by atoms with Crippen LogP contribution in [0.5, 0.6) is 0 Å². The third-order valence-corrected chi connectivity index (χ3v) is 8.22. The van der Waals surface area contributed by atoms with Crippen molar-refractivity contribution < 1.29 is 32.5 Å². The Morgan fingerprint density at radius 2 is 1.94 bits per heavy atom. The van der Waals surface area contributed by atoms with Crippen LogP contribution in [-0.4, -0.2) is 99.1 Å². The summed E-state index contributed by atoms with van der Waals surface area (Å²) in [5, 5.41) is 10.6. The van der Waals surface area contributed by atoms with Crippen molar-refractivity contribution in [2.75, 3.05) is 46.1 Å². The molecule has 4 rings (SSSR count). The van der Waals surface area contributed by atoms with Crippen LogP contribution in [-0.2, 0) is 29.0 Å². The van der Waals surface area contributed by atoms with Crippen molar-refractivity contribution in [3.05, 3.63) is 29.3 Å². The molecule has 1 amide bonds. The number of sulfonamides is 1. The molecule has 1 N–H and O–H groups in total. The number of amides is 1. The number of halogens is 1. The molecule has 9 nitrogen and oxygen atoms in total. The standard InChI is InChI=1S/C21H29ClN2O7S/c22-15-2-1-3-18(10-15)32(27,28)24-12-16(25)13-30-14-20-19(24)5-4-17(31-20)11-21(26)23-6-8-29-9-7-23/h1-3,10,16-17,19-20,25H,4-9,11-14H2/t16-,17-,19+,20-/m1/s1. The summed E-state index contributed by atoms with van der Waals surface area (Å²) in [5.41, 5.74) is 0. The molecule has 178 valence electrons. The monoisotopic (exact) mass is 488 g/mol. The van der Waals surface area contributed by atoms with E-state index in [0.29, 0.717) is 44.2 Å². The van der Waals surface area contributed by atoms with Crippen molar-refractivity contribution in [1.82, 2.24) is 9.21 Å². The molecule has 0 radical (unpaired) electrons. The Morgan fingerprint density at radius 3 is 2.69 bits per heavy atom. The summed E-state index contributed by atoms with van der Waals surface area (Å²) in [6.45, 7) is 2.27. The first-order valence-electron chi connectivity index (χ1n) is 10.9. The van der Waals surface area contributed by atoms with Gasteiger partial charge in [-0.3, -0.25) is 4.79 Å². The minimum absolute atomic E-state index is 0.00548. The highest BCUT2D eigenvalue weighted by atomic mass is 35.5. The van der Waals surface area contributed by atoms with Gasteiger partial charge in [0, 0.05) is 24.7 Å². The topological polar surface area (TPSA) is 106 Å². The summed E-state index contributed by atoms with van der Waals surface area (Å²) in [6, 6.07) is 5.58. The Labute approximate surface area is 193 Å². The van der Waals surface area contributed by atoms with Crippen molar-refractivity contribution in [3.63, 3.8) is 0 Å². The summed E-state index contributed by atoms with van der Waals surface area (Å²) >= 11 is 6.03. The van der Waals surface area contributed by atoms with Crippen molar-refractivity contribution >= 4 is 27.5 Å². The van der Waals surface area contributed by atoms with Crippen molar-refractivity contribution in [1.29, 1.82) is 0 Å². The van der Waals surface area contributed by atoms with Crippen LogP contribution in [0.25, 0.3) is 0 Å². The van der Waals surface area contributed by atoms with Crippen LogP contribution in [0.2, 0.25) is 5.02 Å². The zero-order valence-electron chi connectivity index (χ0n) is 17.8. The number of aliphatic hydroxyl groups excluding tert-OH is 1. The molecule has 3 fully saturated rings. The lowest BCUT2D eigenvalue weighted by Crippen LogP contribution is -2.57. The second-order valence-corrected chi connectivity index (χ2v) is 10.7. The molecule has 0 saturated carbocycles. The number of β-amino-alcohol motifs (C(OH)–C–C–N with tert-alkyl or cyclic N) is 1. The van der Waals surface area contributed by atoms with Gasteiger partial charge in [-0.15, -0.1) is 0 Å². The van der Waals surface area contributed by atoms with Gasteiger partial charge in [0.2, 0.25) is 15.9 Å². The predicted octanol–water partition coefficient (Wildman–Crippen LogP) is 0.887. The van der Waals surface area contributed by atoms with E-state index in [9.17, 15) is 18.3 Å². The van der Waals surface area contributed by atoms with Gasteiger partial charge in [0.05, 0.1) is 62.1 Å². The largest absolute Gasteiger partial charge is 0.389 e. The molecule has 0 aromatic heterocycles. The minimum Gasteiger partial charge on any atom is -0.389 e. The fraction of sp³-hybridized carbons (Fsp3) is 0.667. The van der Waals surface area contributed by atoms with Gasteiger partial charge in [-0.1, -0.05) is 17.7 Å². The molecular formula is C21H29ClN2O7S. The lowest BCUT2D eigenvalue weighted by Gasteiger charge is -2.43. The molecule has 3 aliphatic rings. The highest BCUT2D eigenvalue weighted by Crippen LogP contribution is 2.32. The van der Waals surface area contributed by atoms with Gasteiger partial charge in [-0.2, -0.15) is 4.31 Å². The van der Waals surface area contributed by atoms with E-state index in [4.69, 9.17) is 25.8 Å². The summed E-state index contributed by atoms with van der Waals surface area (Å²) in [5.74, 6) is 0.0161. The van der Waals surface area contributed by atoms with Crippen molar-refractivity contribution in [2.45, 2.75) is 48.5 Å². The van der Waals surface area contributed by atoms with E-state index in [-0.39, 0.29) is 43.1 Å². The van der Waals surface area contributed by atoms with Crippen LogP contribution < -0.4 is 0 Å². The number of benzene rings is 1. The van der Waals surface area contributed by atoms with Gasteiger partial charge < -0.3 is 24.2 Å². The molecule has 0 spiro atoms. The zero-order valence-corrected chi connectivity index (χ0v) is 19.3. The number of hydrogen-bond acceptors (Lipinski definition) is 7. The fourth-order valence-electron chi connectivity index (χ4n) is 4.47. The van der Waals surface area contributed by atoms with Gasteiger partial charge in [0.1, 0.15) is 0 Å². The van der Waals surface area contributed by atoms with Crippen LogP contribution in [0.3, 0.4) is 0 Å². The highest BCUT2D eigenvalue weighted by Gasteiger charge is 2.43. The van der Waals surface area contributed by atoms with E-state index in [1.807, 2.05) is 0 Å². The second kappa shape index (κ2) is 10.3. The Hall–Kier alpha value is -1.27. The number of carbonyl (C=O) groups is 1. The van der Waals surface area contributed by atoms with Gasteiger partial charge in [0.15, 0.2) is 0 Å². The van der Waals surface area contributed by atoms with E-state index in [1.54, 1.807) is 17.0 Å². The third kappa shape index (κ3) is 5.44. The Bertz CT molecular complexity index is 909. The quantitative estimate of drug-likeness (QED) is 0.670. The number of hydrogen-bond donors (Lipinski definition) is 1. The maximum Gasteiger partial charge on any atom is 0.243 e. The number of morpholine rings is 1. The van der Waals surface area contributed by atoms with Crippen LogP contribution in [0, 0.1) is 0 Å². The van der Waals surface area contributed by atoms with E-state index >= 15 is 0 Å². The molecule has 0 bridgehead atoms. The molecule has 3 heterocycles. The fourth-order valence-corrected chi connectivity index (χ4v) is 6.49. The average Bonchev–Trinajstić information content (AvgIpc) is 2.77. The molecule has 1 aromatic carbocycles. The van der Waals surface area contributed by atoms with Crippen molar-refractivity contribution in [2.24, 2.45) is 0 Å². The van der Waals surface area contributed by atoms with Gasteiger partial charge in [-0.25, -0.2) is 8.42 Å². The van der Waals surface area contributed by atoms with Crippen LogP contribution in [0.4, 0.5) is 0 Å². The molecule has 3 aliphatic heterocycles. The number of aliphatic hydroxyl groups is 1. The smallest absolute Gasteiger partial charge is 0.243 e. The average molecular weight is 489 g/mol. The molecule has 4 atom stereocenters. The number of ether oxygens (including phenoxy) is 3. The Balaban J connectivity index is 1.50. The minimum atomic E-state index is -3.92. The van der Waals surface area contributed by atoms with Crippen molar-refractivity contribution in [3.8, 4) is 0 Å². The summed E-state index contributed by atoms with van der Waals surface area (Å²) in [6.07, 6.45) is -0.517. The SMILES string of the molecule is O=C(C[C@H]1CC[C@H]2[C@@H](COC[C@H](O)CN2S(=O)(=O)c2cccc(Cl)c2)O1)N1CCOCC1. The number of rotatable bonds is 4. The summed E-state index contributed by atoms with van der Waals surface area (Å²) in [7, 11) is -3.92. The van der Waals surface area contributed by atoms with E-state index in [0.717, 1.165) is 0 Å². The third-order valence-electron chi connectivity index (χ3n) is 6.10. The highest BCUT2D eigenvalue weighted by molar-refractivity contribution is 7.89. The maximum absolute atomic E-state index is 13.5. The van der Waals surface area contributed by atoms with E-state index in [2.05, 4.69) is 0 Å². The number of nitrogens with zero attached hydrogens (tertiary/aromatic N) is 2. The van der Waals surface area contributed by atoms with Crippen LogP contribution in [0.1, 0.15) is 19.3 Å². The summed E-state index contributed by atoms with van der Waals surface area (Å²) in [4.78, 5) is 14.5. The van der Waals surface area contributed by atoms with E-state index in [1.165, 1.54) is 16.4 Å². The second-order valence-electron chi connectivity index (χ2n) is 8.36. The van der Waals surface area contributed by atoms with Gasteiger partial charge in [-0.05, 0) is 31.0 Å². The molecule has 0 unspecified atom stereocenters. The molecule has 3 saturated heterocycles. The first kappa shape index (κ1) is 23.9. The lowest BCUT2D eigenvalue weighted by molar-refractivity contribution is -0.153. The van der Waals surface area contributed by atoms with Gasteiger partial charge >= 0.3 is 0 Å². The molecule has 32 heavy (non-hydrogen) atoms. The normalized spacial score (nSPS) is 30.2. The summed E-state index contributed by atoms with van der Waals surface area (Å²) < 4.78 is 45.3. The molecule has 0 aliphatic carbocycles. The maximum atomic E-state index is 13.5.